The number of alkyl halides is 3. The molecule has 1 fully saturated rings. The predicted octanol–water partition coefficient (Wildman–Crippen LogP) is 9.69. The SMILES string of the molecule is CC(C)[C@H](NC(=O)C(C)(C)NC(=O)C(F)(F)F)C(=O)N(C)[C@H](C)CC(=O)OC(c1ccccc1)(c1ccc(CC2CCCCCCCCC2)cc1)c1ccccc1Cl. The van der Waals surface area contributed by atoms with Crippen molar-refractivity contribution in [1.82, 2.24) is 15.5 Å². The Morgan fingerprint density at radius 1 is 0.776 bits per heavy atom. The molecule has 0 aliphatic heterocycles. The van der Waals surface area contributed by atoms with Crippen molar-refractivity contribution < 1.29 is 37.1 Å². The third-order valence-electron chi connectivity index (χ3n) is 11.3. The molecule has 0 saturated heterocycles. The number of hydrogen-bond acceptors (Lipinski definition) is 5. The number of ether oxygens (including phenoxy) is 1. The van der Waals surface area contributed by atoms with E-state index in [1.54, 1.807) is 32.2 Å². The molecular weight excluding hydrogens is 767 g/mol. The molecule has 0 spiro atoms. The minimum absolute atomic E-state index is 0.243. The van der Waals surface area contributed by atoms with Gasteiger partial charge >= 0.3 is 18.1 Å². The van der Waals surface area contributed by atoms with Crippen molar-refractivity contribution in [2.24, 2.45) is 11.8 Å². The lowest BCUT2D eigenvalue weighted by Gasteiger charge is -2.37. The zero-order chi connectivity index (χ0) is 42.7. The number of nitrogens with one attached hydrogen (secondary N) is 2. The second-order valence-corrected chi connectivity index (χ2v) is 17.0. The number of esters is 1. The lowest BCUT2D eigenvalue weighted by atomic mass is 9.79. The highest BCUT2D eigenvalue weighted by molar-refractivity contribution is 6.31. The Hall–Kier alpha value is -4.38. The van der Waals surface area contributed by atoms with Crippen molar-refractivity contribution in [3.05, 3.63) is 106 Å². The molecule has 1 aliphatic carbocycles. The van der Waals surface area contributed by atoms with Gasteiger partial charge in [-0.1, -0.05) is 156 Å². The molecule has 1 unspecified atom stereocenters. The normalized spacial score (nSPS) is 16.7. The van der Waals surface area contributed by atoms with Crippen molar-refractivity contribution in [3.8, 4) is 0 Å². The molecule has 3 aromatic rings. The average molecular weight is 826 g/mol. The molecule has 12 heteroatoms. The standard InChI is InChI=1S/C46H59ClF3N3O5/c1-31(2)40(51-42(56)44(4,5)52-43(57)46(48,49)50)41(55)53(6)32(3)29-39(54)58-45(35-21-15-12-16-22-35,37-23-17-18-24-38(37)47)36-27-25-34(26-28-36)30-33-19-13-10-8-7-9-11-14-20-33/h12,15-18,21-28,31-33,40H,7-11,13-14,19-20,29-30H2,1-6H3,(H,51,56)(H,52,57)/t32-,40+,45?/m1/s1. The fourth-order valence-corrected chi connectivity index (χ4v) is 7.92. The first kappa shape index (κ1) is 46.3. The maximum absolute atomic E-state index is 14.3. The highest BCUT2D eigenvalue weighted by atomic mass is 35.5. The fraction of sp³-hybridized carbons (Fsp3) is 0.522. The van der Waals surface area contributed by atoms with Crippen molar-refractivity contribution >= 4 is 35.3 Å². The summed E-state index contributed by atoms with van der Waals surface area (Å²) in [5.41, 5.74) is -0.291. The highest BCUT2D eigenvalue weighted by Gasteiger charge is 2.45. The summed E-state index contributed by atoms with van der Waals surface area (Å²) in [4.78, 5) is 54.2. The summed E-state index contributed by atoms with van der Waals surface area (Å²) in [5.74, 6) is -4.35. The van der Waals surface area contributed by atoms with Crippen LogP contribution in [0.3, 0.4) is 0 Å². The Kier molecular flexibility index (Phi) is 16.4. The van der Waals surface area contributed by atoms with Crippen LogP contribution in [0, 0.1) is 11.8 Å². The van der Waals surface area contributed by atoms with E-state index in [9.17, 15) is 32.3 Å². The molecule has 3 amide bonds. The van der Waals surface area contributed by atoms with E-state index in [1.165, 1.54) is 75.3 Å². The lowest BCUT2D eigenvalue weighted by Crippen LogP contribution is -2.62. The third kappa shape index (κ3) is 12.1. The monoisotopic (exact) mass is 825 g/mol. The van der Waals surface area contributed by atoms with E-state index in [2.05, 4.69) is 17.4 Å². The minimum Gasteiger partial charge on any atom is -0.444 e. The summed E-state index contributed by atoms with van der Waals surface area (Å²) < 4.78 is 45.5. The Balaban J connectivity index is 1.61. The molecule has 58 heavy (non-hydrogen) atoms. The lowest BCUT2D eigenvalue weighted by molar-refractivity contribution is -0.176. The molecule has 0 bridgehead atoms. The number of benzene rings is 3. The number of rotatable bonds is 14. The Labute approximate surface area is 346 Å². The maximum atomic E-state index is 14.3. The number of carbonyl (C=O) groups excluding carboxylic acids is 4. The van der Waals surface area contributed by atoms with E-state index >= 15 is 0 Å². The van der Waals surface area contributed by atoms with E-state index in [0.717, 1.165) is 20.3 Å². The third-order valence-corrected chi connectivity index (χ3v) is 11.6. The predicted molar refractivity (Wildman–Crippen MR) is 221 cm³/mol. The van der Waals surface area contributed by atoms with E-state index in [4.69, 9.17) is 16.3 Å². The van der Waals surface area contributed by atoms with Gasteiger partial charge in [0, 0.05) is 34.8 Å². The first-order valence-corrected chi connectivity index (χ1v) is 20.8. The summed E-state index contributed by atoms with van der Waals surface area (Å²) in [6.45, 7) is 7.23. The quantitative estimate of drug-likeness (QED) is 0.125. The highest BCUT2D eigenvalue weighted by Crippen LogP contribution is 2.44. The van der Waals surface area contributed by atoms with Crippen LogP contribution >= 0.6 is 11.6 Å². The molecule has 0 aromatic heterocycles. The van der Waals surface area contributed by atoms with Crippen LogP contribution in [0.1, 0.15) is 121 Å². The van der Waals surface area contributed by atoms with Gasteiger partial charge in [-0.15, -0.1) is 0 Å². The molecule has 0 radical (unpaired) electrons. The molecule has 1 saturated carbocycles. The van der Waals surface area contributed by atoms with Crippen LogP contribution in [-0.4, -0.2) is 59.4 Å². The molecule has 3 aromatic carbocycles. The molecule has 3 atom stereocenters. The van der Waals surface area contributed by atoms with Gasteiger partial charge in [0.15, 0.2) is 5.60 Å². The van der Waals surface area contributed by atoms with Crippen LogP contribution in [0.5, 0.6) is 0 Å². The van der Waals surface area contributed by atoms with Gasteiger partial charge in [-0.2, -0.15) is 13.2 Å². The van der Waals surface area contributed by atoms with Crippen molar-refractivity contribution in [2.75, 3.05) is 7.05 Å². The zero-order valence-electron chi connectivity index (χ0n) is 34.6. The Bertz CT molecular complexity index is 1830. The first-order chi connectivity index (χ1) is 27.4. The topological polar surface area (TPSA) is 105 Å². The number of halogens is 4. The van der Waals surface area contributed by atoms with Crippen LogP contribution < -0.4 is 10.6 Å². The Morgan fingerprint density at radius 3 is 1.86 bits per heavy atom. The largest absolute Gasteiger partial charge is 0.471 e. The van der Waals surface area contributed by atoms with Crippen LogP contribution in [-0.2, 0) is 35.9 Å². The molecule has 316 valence electrons. The molecule has 0 heterocycles. The van der Waals surface area contributed by atoms with Gasteiger partial charge in [0.2, 0.25) is 11.8 Å². The van der Waals surface area contributed by atoms with Crippen molar-refractivity contribution in [3.63, 3.8) is 0 Å². The second kappa shape index (κ2) is 20.5. The number of nitrogens with zero attached hydrogens (tertiary/aromatic N) is 1. The van der Waals surface area contributed by atoms with Gasteiger partial charge in [-0.3, -0.25) is 19.2 Å². The number of amides is 3. The minimum atomic E-state index is -5.20. The van der Waals surface area contributed by atoms with Crippen molar-refractivity contribution in [1.29, 1.82) is 0 Å². The second-order valence-electron chi connectivity index (χ2n) is 16.6. The zero-order valence-corrected chi connectivity index (χ0v) is 35.3. The molecule has 2 N–H and O–H groups in total. The van der Waals surface area contributed by atoms with Crippen LogP contribution in [0.4, 0.5) is 13.2 Å². The van der Waals surface area contributed by atoms with Gasteiger partial charge in [0.1, 0.15) is 11.6 Å². The summed E-state index contributed by atoms with van der Waals surface area (Å²) in [6, 6.07) is 22.9. The Morgan fingerprint density at radius 2 is 1.31 bits per heavy atom. The fourth-order valence-electron chi connectivity index (χ4n) is 7.65. The summed E-state index contributed by atoms with van der Waals surface area (Å²) in [6.07, 6.45) is 6.96. The van der Waals surface area contributed by atoms with Gasteiger partial charge in [-0.05, 0) is 50.7 Å². The summed E-state index contributed by atoms with van der Waals surface area (Å²) in [5, 5.41) is 4.59. The van der Waals surface area contributed by atoms with Crippen LogP contribution in [0.15, 0.2) is 78.9 Å². The molecule has 4 rings (SSSR count). The van der Waals surface area contributed by atoms with E-state index in [0.29, 0.717) is 27.6 Å². The van der Waals surface area contributed by atoms with Crippen LogP contribution in [0.2, 0.25) is 5.02 Å². The summed E-state index contributed by atoms with van der Waals surface area (Å²) in [7, 11) is 1.48. The summed E-state index contributed by atoms with van der Waals surface area (Å²) >= 11 is 6.93. The van der Waals surface area contributed by atoms with Gasteiger partial charge in [-0.25, -0.2) is 0 Å². The van der Waals surface area contributed by atoms with Crippen LogP contribution in [0.25, 0.3) is 0 Å². The number of likely N-dealkylation sites (N-methyl/N-ethyl adjacent to an activating group) is 1. The van der Waals surface area contributed by atoms with Gasteiger partial charge in [0.05, 0.1) is 6.42 Å². The van der Waals surface area contributed by atoms with E-state index < -0.39 is 59.0 Å². The smallest absolute Gasteiger partial charge is 0.444 e. The maximum Gasteiger partial charge on any atom is 0.471 e. The molecule has 1 aliphatic rings. The van der Waals surface area contributed by atoms with E-state index in [1.807, 2.05) is 60.7 Å². The first-order valence-electron chi connectivity index (χ1n) is 20.5. The van der Waals surface area contributed by atoms with Gasteiger partial charge < -0.3 is 20.3 Å². The molecular formula is C46H59ClF3N3O5. The number of carbonyl (C=O) groups is 4. The van der Waals surface area contributed by atoms with Crippen molar-refractivity contribution in [2.45, 2.75) is 135 Å². The average Bonchev–Trinajstić information content (AvgIpc) is 3.18. The van der Waals surface area contributed by atoms with E-state index in [-0.39, 0.29) is 6.42 Å². The number of hydrogen-bond donors (Lipinski definition) is 2. The van der Waals surface area contributed by atoms with Gasteiger partial charge in [0.25, 0.3) is 0 Å². The molecule has 8 nitrogen and oxygen atoms in total.